The maximum atomic E-state index is 10.4. The van der Waals surface area contributed by atoms with Crippen LogP contribution in [0.2, 0.25) is 0 Å². The Kier molecular flexibility index (Phi) is 3.20. The monoisotopic (exact) mass is 259 g/mol. The molecular weight excluding hydrogens is 249 g/mol. The minimum Gasteiger partial charge on any atom is -0.441 e. The molecule has 1 heterocycles. The number of nitro benzene ring substituents is 1. The number of non-ortho nitro benzene ring substituents is 1. The summed E-state index contributed by atoms with van der Waals surface area (Å²) in [5.74, 6) is 0.538. The van der Waals surface area contributed by atoms with Crippen molar-refractivity contribution in [3.05, 3.63) is 34.4 Å². The molecule has 86 valence electrons. The van der Waals surface area contributed by atoms with Crippen molar-refractivity contribution in [3.63, 3.8) is 0 Å². The van der Waals surface area contributed by atoms with E-state index >= 15 is 0 Å². The van der Waals surface area contributed by atoms with E-state index in [0.29, 0.717) is 5.75 Å². The average molecular weight is 259 g/mol. The quantitative estimate of drug-likeness (QED) is 0.485. The molecule has 0 aliphatic carbocycles. The third-order valence-corrected chi connectivity index (χ3v) is 4.79. The molecule has 8 heteroatoms. The summed E-state index contributed by atoms with van der Waals surface area (Å²) < 4.78 is 5.58. The highest BCUT2D eigenvalue weighted by molar-refractivity contribution is 8.10. The molecule has 6 nitrogen and oxygen atoms in total. The lowest BCUT2D eigenvalue weighted by Crippen LogP contribution is -2.11. The molecule has 0 aromatic heterocycles. The van der Waals surface area contributed by atoms with Crippen LogP contribution in [0.3, 0.4) is 0 Å². The number of hydrogen-bond donors (Lipinski definition) is 2. The van der Waals surface area contributed by atoms with E-state index in [1.807, 2.05) is 0 Å². The first kappa shape index (κ1) is 11.5. The molecule has 0 amide bonds. The summed E-state index contributed by atoms with van der Waals surface area (Å²) in [6, 6.07) is 5.89. The van der Waals surface area contributed by atoms with Crippen LogP contribution in [-0.2, 0) is 11.8 Å². The molecule has 1 aliphatic rings. The Balaban J connectivity index is 2.10. The van der Waals surface area contributed by atoms with Crippen LogP contribution in [0.5, 0.6) is 5.75 Å². The molecular formula is C8H10N3O3PS. The van der Waals surface area contributed by atoms with E-state index in [4.69, 9.17) is 16.3 Å². The van der Waals surface area contributed by atoms with Gasteiger partial charge in [-0.25, -0.2) is 10.2 Å². The number of nitrogens with zero attached hydrogens (tertiary/aromatic N) is 1. The lowest BCUT2D eigenvalue weighted by Gasteiger charge is -2.17. The van der Waals surface area contributed by atoms with E-state index < -0.39 is 11.5 Å². The Hall–Kier alpha value is -1.01. The van der Waals surface area contributed by atoms with Crippen LogP contribution in [-0.4, -0.2) is 18.0 Å². The topological polar surface area (TPSA) is 76.4 Å². The van der Waals surface area contributed by atoms with Crippen molar-refractivity contribution in [2.24, 2.45) is 0 Å². The molecule has 16 heavy (non-hydrogen) atoms. The third kappa shape index (κ3) is 2.56. The highest BCUT2D eigenvalue weighted by Gasteiger charge is 2.23. The van der Waals surface area contributed by atoms with Crippen LogP contribution in [0.15, 0.2) is 24.3 Å². The minimum absolute atomic E-state index is 0.0384. The van der Waals surface area contributed by atoms with Crippen molar-refractivity contribution in [1.29, 1.82) is 0 Å². The van der Waals surface area contributed by atoms with Crippen molar-refractivity contribution in [3.8, 4) is 5.75 Å². The van der Waals surface area contributed by atoms with Gasteiger partial charge in [0.15, 0.2) is 0 Å². The maximum absolute atomic E-state index is 10.4. The van der Waals surface area contributed by atoms with Crippen molar-refractivity contribution in [2.45, 2.75) is 0 Å². The molecule has 1 saturated heterocycles. The van der Waals surface area contributed by atoms with Gasteiger partial charge in [0, 0.05) is 25.2 Å². The number of rotatable bonds is 3. The highest BCUT2D eigenvalue weighted by atomic mass is 32.4. The van der Waals surface area contributed by atoms with Crippen LogP contribution < -0.4 is 14.7 Å². The second kappa shape index (κ2) is 4.47. The van der Waals surface area contributed by atoms with Gasteiger partial charge in [-0.3, -0.25) is 10.1 Å². The average Bonchev–Trinajstić information content (AvgIpc) is 2.65. The van der Waals surface area contributed by atoms with Crippen molar-refractivity contribution < 1.29 is 9.45 Å². The standard InChI is InChI=1S/C8H10N3O3PS/c12-11(13)7-1-3-8(4-2-7)14-15(16)9-5-6-10-15/h1-4H,5-6H2,(H2,9,10,16). The van der Waals surface area contributed by atoms with Gasteiger partial charge in [0.25, 0.3) is 5.69 Å². The van der Waals surface area contributed by atoms with Crippen LogP contribution in [0, 0.1) is 10.1 Å². The molecule has 1 aliphatic heterocycles. The second-order valence-electron chi connectivity index (χ2n) is 3.21. The number of hydrogen-bond acceptors (Lipinski definition) is 4. The number of benzene rings is 1. The van der Waals surface area contributed by atoms with Gasteiger partial charge in [-0.1, -0.05) is 0 Å². The molecule has 1 aromatic rings. The highest BCUT2D eigenvalue weighted by Crippen LogP contribution is 2.41. The third-order valence-electron chi connectivity index (χ3n) is 2.05. The molecule has 0 saturated carbocycles. The summed E-state index contributed by atoms with van der Waals surface area (Å²) in [4.78, 5) is 10.00. The first-order chi connectivity index (χ1) is 7.59. The fraction of sp³-hybridized carbons (Fsp3) is 0.250. The van der Waals surface area contributed by atoms with E-state index in [1.54, 1.807) is 12.1 Å². The van der Waals surface area contributed by atoms with Gasteiger partial charge >= 0.3 is 0 Å². The molecule has 1 aromatic carbocycles. The van der Waals surface area contributed by atoms with Crippen molar-refractivity contribution >= 4 is 24.1 Å². The Labute approximate surface area is 97.3 Å². The van der Waals surface area contributed by atoms with Gasteiger partial charge in [0.05, 0.1) is 4.92 Å². The van der Waals surface area contributed by atoms with E-state index in [1.165, 1.54) is 12.1 Å². The van der Waals surface area contributed by atoms with Gasteiger partial charge in [-0.2, -0.15) is 0 Å². The summed E-state index contributed by atoms with van der Waals surface area (Å²) in [7, 11) is 0. The van der Waals surface area contributed by atoms with Gasteiger partial charge in [0.1, 0.15) is 5.75 Å². The summed E-state index contributed by atoms with van der Waals surface area (Å²) in [6.45, 7) is -0.603. The second-order valence-corrected chi connectivity index (χ2v) is 6.67. The van der Waals surface area contributed by atoms with Crippen LogP contribution in [0.1, 0.15) is 0 Å². The molecule has 0 atom stereocenters. The van der Waals surface area contributed by atoms with Gasteiger partial charge < -0.3 is 4.52 Å². The molecule has 1 fully saturated rings. The smallest absolute Gasteiger partial charge is 0.269 e. The number of nitrogens with one attached hydrogen (secondary N) is 2. The predicted octanol–water partition coefficient (Wildman–Crippen LogP) is 1.39. The first-order valence-electron chi connectivity index (χ1n) is 4.63. The maximum Gasteiger partial charge on any atom is 0.269 e. The summed E-state index contributed by atoms with van der Waals surface area (Å²) >= 11 is 5.27. The molecule has 2 rings (SSSR count). The summed E-state index contributed by atoms with van der Waals surface area (Å²) in [6.07, 6.45) is 0. The Morgan fingerprint density at radius 1 is 1.31 bits per heavy atom. The normalized spacial score (nSPS) is 18.2. The molecule has 0 spiro atoms. The Morgan fingerprint density at radius 2 is 1.88 bits per heavy atom. The zero-order valence-corrected chi connectivity index (χ0v) is 9.96. The van der Waals surface area contributed by atoms with Crippen molar-refractivity contribution in [2.75, 3.05) is 13.1 Å². The van der Waals surface area contributed by atoms with Crippen LogP contribution in [0.4, 0.5) is 5.69 Å². The lowest BCUT2D eigenvalue weighted by atomic mass is 10.3. The zero-order valence-electron chi connectivity index (χ0n) is 8.25. The molecule has 0 unspecified atom stereocenters. The minimum atomic E-state index is -2.17. The van der Waals surface area contributed by atoms with Gasteiger partial charge in [-0.05, 0) is 23.9 Å². The first-order valence-corrected chi connectivity index (χ1v) is 7.35. The number of nitro groups is 1. The molecule has 0 bridgehead atoms. The van der Waals surface area contributed by atoms with Gasteiger partial charge in [-0.15, -0.1) is 0 Å². The van der Waals surface area contributed by atoms with E-state index in [9.17, 15) is 10.1 Å². The summed E-state index contributed by atoms with van der Waals surface area (Å²) in [5.41, 5.74) is 0.0384. The molecule has 0 radical (unpaired) electrons. The SMILES string of the molecule is O=[N+]([O-])c1ccc(OP2(=S)NCCN2)cc1. The van der Waals surface area contributed by atoms with Gasteiger partial charge in [0.2, 0.25) is 6.57 Å². The predicted molar refractivity (Wildman–Crippen MR) is 64.0 cm³/mol. The van der Waals surface area contributed by atoms with Crippen molar-refractivity contribution in [1.82, 2.24) is 10.2 Å². The fourth-order valence-corrected chi connectivity index (χ4v) is 3.58. The van der Waals surface area contributed by atoms with Crippen LogP contribution in [0.25, 0.3) is 0 Å². The van der Waals surface area contributed by atoms with E-state index in [0.717, 1.165) is 13.1 Å². The van der Waals surface area contributed by atoms with E-state index in [2.05, 4.69) is 10.2 Å². The Bertz CT molecular complexity index is 440. The zero-order chi connectivity index (χ0) is 11.6. The fourth-order valence-electron chi connectivity index (χ4n) is 1.30. The Morgan fingerprint density at radius 3 is 2.38 bits per heavy atom. The largest absolute Gasteiger partial charge is 0.441 e. The van der Waals surface area contributed by atoms with E-state index in [-0.39, 0.29) is 5.69 Å². The summed E-state index contributed by atoms with van der Waals surface area (Å²) in [5, 5.41) is 16.6. The lowest BCUT2D eigenvalue weighted by molar-refractivity contribution is -0.384. The van der Waals surface area contributed by atoms with Crippen LogP contribution >= 0.6 is 6.57 Å². The molecule has 2 N–H and O–H groups in total.